The number of halogens is 3. The van der Waals surface area contributed by atoms with Crippen LogP contribution in [0.4, 0.5) is 10.2 Å². The van der Waals surface area contributed by atoms with E-state index in [4.69, 9.17) is 33.7 Å². The molecule has 1 aliphatic rings. The van der Waals surface area contributed by atoms with Crippen LogP contribution >= 0.6 is 23.2 Å². The summed E-state index contributed by atoms with van der Waals surface area (Å²) in [6.07, 6.45) is 2.70. The van der Waals surface area contributed by atoms with Crippen molar-refractivity contribution in [3.63, 3.8) is 0 Å². The van der Waals surface area contributed by atoms with Crippen LogP contribution < -0.4 is 10.5 Å². The number of nitrogens with two attached hydrogens (primary N) is 1. The minimum Gasteiger partial charge on any atom is -0.482 e. The first-order valence-corrected chi connectivity index (χ1v) is 11.5. The molecule has 9 heteroatoms. The largest absolute Gasteiger partial charge is 0.482 e. The van der Waals surface area contributed by atoms with Gasteiger partial charge in [0, 0.05) is 64.0 Å². The van der Waals surface area contributed by atoms with Gasteiger partial charge in [-0.15, -0.1) is 0 Å². The van der Waals surface area contributed by atoms with E-state index in [0.717, 1.165) is 46.1 Å². The van der Waals surface area contributed by atoms with Crippen LogP contribution in [0.3, 0.4) is 0 Å². The fraction of sp³-hybridized carbons (Fsp3) is 0.200. The second-order valence-electron chi connectivity index (χ2n) is 8.29. The van der Waals surface area contributed by atoms with Crippen LogP contribution in [0.1, 0.15) is 29.8 Å². The summed E-state index contributed by atoms with van der Waals surface area (Å²) in [4.78, 5) is 20.7. The summed E-state index contributed by atoms with van der Waals surface area (Å²) in [5.74, 6) is -0.0342. The second kappa shape index (κ2) is 8.81. The Morgan fingerprint density at radius 2 is 2.06 bits per heavy atom. The number of amides is 1. The number of aromatic nitrogens is 2. The molecule has 34 heavy (non-hydrogen) atoms. The van der Waals surface area contributed by atoms with Gasteiger partial charge in [-0.25, -0.2) is 9.37 Å². The van der Waals surface area contributed by atoms with Crippen molar-refractivity contribution in [2.24, 2.45) is 0 Å². The van der Waals surface area contributed by atoms with Gasteiger partial charge in [0.05, 0.1) is 5.02 Å². The third-order valence-corrected chi connectivity index (χ3v) is 6.87. The van der Waals surface area contributed by atoms with E-state index in [1.54, 1.807) is 24.1 Å². The molecule has 0 saturated heterocycles. The maximum atomic E-state index is 14.0. The van der Waals surface area contributed by atoms with E-state index in [0.29, 0.717) is 29.4 Å². The highest BCUT2D eigenvalue weighted by Crippen LogP contribution is 2.37. The zero-order chi connectivity index (χ0) is 24.0. The first kappa shape index (κ1) is 22.5. The Balaban J connectivity index is 1.47. The smallest absolute Gasteiger partial charge is 0.210 e. The van der Waals surface area contributed by atoms with Gasteiger partial charge in [0.25, 0.3) is 0 Å². The van der Waals surface area contributed by atoms with Gasteiger partial charge >= 0.3 is 0 Å². The molecule has 0 aliphatic carbocycles. The normalized spacial score (nSPS) is 14.2. The Morgan fingerprint density at radius 3 is 2.85 bits per heavy atom. The van der Waals surface area contributed by atoms with E-state index >= 15 is 0 Å². The lowest BCUT2D eigenvalue weighted by Crippen LogP contribution is -2.28. The first-order chi connectivity index (χ1) is 16.4. The molecule has 3 N–H and O–H groups in total. The Labute approximate surface area is 205 Å². The van der Waals surface area contributed by atoms with Crippen LogP contribution in [0.5, 0.6) is 5.75 Å². The number of pyridine rings is 1. The summed E-state index contributed by atoms with van der Waals surface area (Å²) in [7, 11) is 0. The van der Waals surface area contributed by atoms with Crippen molar-refractivity contribution < 1.29 is 13.9 Å². The van der Waals surface area contributed by atoms with Crippen LogP contribution in [-0.2, 0) is 17.8 Å². The van der Waals surface area contributed by atoms with Gasteiger partial charge in [-0.2, -0.15) is 0 Å². The Morgan fingerprint density at radius 1 is 1.24 bits per heavy atom. The molecule has 0 spiro atoms. The number of nitrogen functional groups attached to an aromatic ring is 1. The SMILES string of the molecule is C[C@@H](Oc1cc(-c2ccc3c4c([nH]c3c2)CCN(C=O)C4)cnc1N)c1c(Cl)ccc(F)c1Cl. The van der Waals surface area contributed by atoms with Crippen LogP contribution in [0, 0.1) is 5.82 Å². The van der Waals surface area contributed by atoms with E-state index < -0.39 is 11.9 Å². The summed E-state index contributed by atoms with van der Waals surface area (Å²) >= 11 is 12.4. The summed E-state index contributed by atoms with van der Waals surface area (Å²) < 4.78 is 20.0. The van der Waals surface area contributed by atoms with Crippen molar-refractivity contribution in [1.29, 1.82) is 0 Å². The highest BCUT2D eigenvalue weighted by Gasteiger charge is 2.21. The summed E-state index contributed by atoms with van der Waals surface area (Å²) in [5.41, 5.74) is 11.4. The molecular formula is C25H21Cl2FN4O2. The summed E-state index contributed by atoms with van der Waals surface area (Å²) in [6.45, 7) is 3.02. The zero-order valence-electron chi connectivity index (χ0n) is 18.2. The number of H-pyrrole nitrogens is 1. The molecule has 0 saturated carbocycles. The standard InChI is InChI=1S/C25H21Cl2FN4O2/c1-13(23-18(26)4-5-19(28)24(23)27)34-22-9-15(10-30-25(22)29)14-2-3-16-17-11-32(12-33)7-6-20(17)31-21(16)8-14/h2-5,8-10,12-13,31H,6-7,11H2,1H3,(H2,29,30)/t13-/m1/s1. The van der Waals surface area contributed by atoms with Crippen LogP contribution in [-0.4, -0.2) is 27.8 Å². The summed E-state index contributed by atoms with van der Waals surface area (Å²) in [5, 5.41) is 1.31. The molecule has 3 heterocycles. The van der Waals surface area contributed by atoms with Gasteiger partial charge in [0.15, 0.2) is 11.6 Å². The zero-order valence-corrected chi connectivity index (χ0v) is 19.8. The van der Waals surface area contributed by atoms with Crippen molar-refractivity contribution in [2.45, 2.75) is 26.0 Å². The quantitative estimate of drug-likeness (QED) is 0.264. The number of carbonyl (C=O) groups is 1. The van der Waals surface area contributed by atoms with Crippen LogP contribution in [0.25, 0.3) is 22.0 Å². The van der Waals surface area contributed by atoms with Crippen molar-refractivity contribution in [2.75, 3.05) is 12.3 Å². The highest BCUT2D eigenvalue weighted by molar-refractivity contribution is 6.36. The van der Waals surface area contributed by atoms with Crippen molar-refractivity contribution in [1.82, 2.24) is 14.9 Å². The number of hydrogen-bond acceptors (Lipinski definition) is 4. The average molecular weight is 499 g/mol. The maximum Gasteiger partial charge on any atom is 0.210 e. The molecule has 1 aliphatic heterocycles. The topological polar surface area (TPSA) is 84.2 Å². The van der Waals surface area contributed by atoms with Gasteiger partial charge < -0.3 is 20.4 Å². The van der Waals surface area contributed by atoms with Gasteiger partial charge in [0.2, 0.25) is 6.41 Å². The van der Waals surface area contributed by atoms with Crippen LogP contribution in [0.2, 0.25) is 10.0 Å². The third kappa shape index (κ3) is 3.95. The Bertz CT molecular complexity index is 1420. The number of nitrogens with zero attached hydrogens (tertiary/aromatic N) is 2. The molecule has 1 amide bonds. The van der Waals surface area contributed by atoms with Gasteiger partial charge in [-0.1, -0.05) is 35.3 Å². The number of fused-ring (bicyclic) bond motifs is 3. The molecule has 4 aromatic rings. The predicted octanol–water partition coefficient (Wildman–Crippen LogP) is 5.91. The highest BCUT2D eigenvalue weighted by atomic mass is 35.5. The maximum absolute atomic E-state index is 14.0. The predicted molar refractivity (Wildman–Crippen MR) is 132 cm³/mol. The van der Waals surface area contributed by atoms with Crippen molar-refractivity contribution in [3.8, 4) is 16.9 Å². The molecule has 174 valence electrons. The fourth-order valence-electron chi connectivity index (χ4n) is 4.38. The number of nitrogens with one attached hydrogen (secondary N) is 1. The average Bonchev–Trinajstić information content (AvgIpc) is 3.20. The minimum atomic E-state index is -0.659. The number of aromatic amines is 1. The summed E-state index contributed by atoms with van der Waals surface area (Å²) in [6, 6.07) is 10.5. The second-order valence-corrected chi connectivity index (χ2v) is 9.08. The number of anilines is 1. The minimum absolute atomic E-state index is 0.0861. The number of hydrogen-bond donors (Lipinski definition) is 2. The molecule has 0 fully saturated rings. The van der Waals surface area contributed by atoms with Gasteiger partial charge in [0.1, 0.15) is 11.9 Å². The molecule has 2 aromatic heterocycles. The Hall–Kier alpha value is -3.29. The first-order valence-electron chi connectivity index (χ1n) is 10.7. The van der Waals surface area contributed by atoms with Crippen molar-refractivity contribution in [3.05, 3.63) is 75.3 Å². The van der Waals surface area contributed by atoms with Crippen molar-refractivity contribution >= 4 is 46.3 Å². The number of benzene rings is 2. The van der Waals surface area contributed by atoms with E-state index in [1.807, 2.05) is 18.2 Å². The monoisotopic (exact) mass is 498 g/mol. The number of carbonyl (C=O) groups excluding carboxylic acids is 1. The molecule has 0 bridgehead atoms. The molecule has 1 atom stereocenters. The molecule has 0 unspecified atom stereocenters. The Kier molecular flexibility index (Phi) is 5.83. The van der Waals surface area contributed by atoms with E-state index in [2.05, 4.69) is 9.97 Å². The van der Waals surface area contributed by atoms with Crippen LogP contribution in [0.15, 0.2) is 42.6 Å². The van der Waals surface area contributed by atoms with E-state index in [9.17, 15) is 9.18 Å². The molecule has 6 nitrogen and oxygen atoms in total. The molecular weight excluding hydrogens is 478 g/mol. The lowest BCUT2D eigenvalue weighted by atomic mass is 10.0. The van der Waals surface area contributed by atoms with E-state index in [-0.39, 0.29) is 10.8 Å². The number of ether oxygens (including phenoxy) is 1. The molecule has 2 aromatic carbocycles. The molecule has 5 rings (SSSR count). The van der Waals surface area contributed by atoms with Gasteiger partial charge in [-0.3, -0.25) is 4.79 Å². The number of rotatable bonds is 5. The van der Waals surface area contributed by atoms with Gasteiger partial charge in [-0.05, 0) is 36.8 Å². The lowest BCUT2D eigenvalue weighted by Gasteiger charge is -2.22. The fourth-order valence-corrected chi connectivity index (χ4v) is 5.06. The molecule has 0 radical (unpaired) electrons. The third-order valence-electron chi connectivity index (χ3n) is 6.16. The van der Waals surface area contributed by atoms with E-state index in [1.165, 1.54) is 12.1 Å². The lowest BCUT2D eigenvalue weighted by molar-refractivity contribution is -0.118.